The monoisotopic (exact) mass is 369 g/mol. The van der Waals surface area contributed by atoms with Gasteiger partial charge in [-0.3, -0.25) is 21.4 Å². The molecule has 0 fully saturated rings. The van der Waals surface area contributed by atoms with Gasteiger partial charge in [0.2, 0.25) is 0 Å². The number of hydrogen-bond acceptors (Lipinski definition) is 10. The number of nitroso groups, excluding NO2 is 2. The number of allylic oxidation sites excluding steroid dienone is 4. The molecule has 0 amide bonds. The minimum Gasteiger partial charge on any atom is -0.344 e. The smallest absolute Gasteiger partial charge is 0.344 e. The van der Waals surface area contributed by atoms with Gasteiger partial charge in [-0.1, -0.05) is 0 Å². The number of hydroxylamine groups is 2. The van der Waals surface area contributed by atoms with Gasteiger partial charge in [0.25, 0.3) is 0 Å². The van der Waals surface area contributed by atoms with E-state index in [2.05, 4.69) is 10.4 Å². The van der Waals surface area contributed by atoms with Gasteiger partial charge >= 0.3 is 19.5 Å². The summed E-state index contributed by atoms with van der Waals surface area (Å²) in [6.45, 7) is 6.12. The predicted octanol–water partition coefficient (Wildman–Crippen LogP) is 2.29. The summed E-state index contributed by atoms with van der Waals surface area (Å²) in [5.74, 6) is 0. The Balaban J connectivity index is -0.0000000594. The van der Waals surface area contributed by atoms with Crippen molar-refractivity contribution in [3.05, 3.63) is 32.6 Å². The number of rotatable bonds is 4. The quantitative estimate of drug-likeness (QED) is 0.247. The van der Waals surface area contributed by atoms with Gasteiger partial charge in [-0.2, -0.15) is 0 Å². The molecule has 11 heteroatoms. The molecule has 0 rings (SSSR count). The molecule has 0 radical (unpaired) electrons. The molecule has 10 nitrogen and oxygen atoms in total. The normalized spacial score (nSPS) is 10.4. The van der Waals surface area contributed by atoms with E-state index in [-0.39, 0.29) is 43.2 Å². The molecule has 0 saturated carbocycles. The molecular formula is C8H22N6O4Rh+3. The second kappa shape index (κ2) is 19.1. The van der Waals surface area contributed by atoms with Crippen molar-refractivity contribution in [2.75, 3.05) is 0 Å². The van der Waals surface area contributed by atoms with Gasteiger partial charge in [-0.15, -0.1) is 9.81 Å². The average molecular weight is 369 g/mol. The first-order chi connectivity index (χ1) is 7.44. The van der Waals surface area contributed by atoms with E-state index in [4.69, 9.17) is 10.4 Å². The van der Waals surface area contributed by atoms with Gasteiger partial charge in [0.15, 0.2) is 0 Å². The van der Waals surface area contributed by atoms with Gasteiger partial charge in [-0.25, -0.2) is 0 Å². The van der Waals surface area contributed by atoms with Crippen molar-refractivity contribution >= 4 is 0 Å². The van der Waals surface area contributed by atoms with Crippen LogP contribution in [0.4, 0.5) is 0 Å². The summed E-state index contributed by atoms with van der Waals surface area (Å²) >= 11 is 0. The number of nitrogens with one attached hydrogen (secondary N) is 2. The minimum absolute atomic E-state index is 0. The van der Waals surface area contributed by atoms with Crippen LogP contribution < -0.4 is 23.3 Å². The molecule has 0 aliphatic heterocycles. The fraction of sp³-hybridized carbons (Fsp3) is 0.500. The van der Waals surface area contributed by atoms with E-state index in [0.717, 1.165) is 0 Å². The van der Waals surface area contributed by atoms with Gasteiger partial charge in [0.05, 0.1) is 11.4 Å². The van der Waals surface area contributed by atoms with E-state index >= 15 is 0 Å². The number of hydrogen-bond donors (Lipinski definition) is 6. The summed E-state index contributed by atoms with van der Waals surface area (Å²) in [5, 5.41) is 21.4. The minimum atomic E-state index is 0. The Morgan fingerprint density at radius 2 is 1.00 bits per heavy atom. The standard InChI is InChI=1S/2C4H8N2O2.2H3N.Rh/c2*1-3(5-7)4(2)6-8;;;/h2*5,7H,1-2H3;2*1H3;/q;;;;+3. The van der Waals surface area contributed by atoms with Crippen molar-refractivity contribution in [3.63, 3.8) is 0 Å². The zero-order chi connectivity index (χ0) is 13.1. The van der Waals surface area contributed by atoms with E-state index in [9.17, 15) is 9.81 Å². The second-order valence-corrected chi connectivity index (χ2v) is 2.83. The summed E-state index contributed by atoms with van der Waals surface area (Å²) in [5.41, 5.74) is 4.87. The molecule has 0 saturated heterocycles. The van der Waals surface area contributed by atoms with E-state index in [0.29, 0.717) is 11.4 Å². The van der Waals surface area contributed by atoms with E-state index in [1.165, 1.54) is 13.8 Å². The topological polar surface area (TPSA) is 193 Å². The molecule has 0 bridgehead atoms. The van der Waals surface area contributed by atoms with Crippen LogP contribution in [-0.4, -0.2) is 10.4 Å². The maximum absolute atomic E-state index is 9.65. The van der Waals surface area contributed by atoms with Crippen molar-refractivity contribution < 1.29 is 29.9 Å². The van der Waals surface area contributed by atoms with Gasteiger partial charge in [0, 0.05) is 0 Å². The second-order valence-electron chi connectivity index (χ2n) is 2.83. The molecule has 19 heavy (non-hydrogen) atoms. The van der Waals surface area contributed by atoms with Crippen molar-refractivity contribution in [2.45, 2.75) is 27.7 Å². The summed E-state index contributed by atoms with van der Waals surface area (Å²) < 4.78 is 0. The summed E-state index contributed by atoms with van der Waals surface area (Å²) in [4.78, 5) is 19.3. The first kappa shape index (κ1) is 30.6. The Kier molecular flexibility index (Phi) is 30.8. The van der Waals surface area contributed by atoms with Crippen LogP contribution in [0.1, 0.15) is 27.7 Å². The zero-order valence-electron chi connectivity index (χ0n) is 11.4. The average Bonchev–Trinajstić information content (AvgIpc) is 2.35. The van der Waals surface area contributed by atoms with Gasteiger partial charge < -0.3 is 12.3 Å². The third-order valence-electron chi connectivity index (χ3n) is 1.69. The Morgan fingerprint density at radius 1 is 0.789 bits per heavy atom. The maximum atomic E-state index is 9.65. The summed E-state index contributed by atoms with van der Waals surface area (Å²) in [6.07, 6.45) is 0. The maximum Gasteiger partial charge on any atom is 3.00 e. The van der Waals surface area contributed by atoms with E-state index in [1.54, 1.807) is 24.8 Å². The van der Waals surface area contributed by atoms with Crippen LogP contribution in [-0.2, 0) is 19.5 Å². The third-order valence-corrected chi connectivity index (χ3v) is 1.69. The van der Waals surface area contributed by atoms with Crippen LogP contribution in [0.15, 0.2) is 33.1 Å². The largest absolute Gasteiger partial charge is 3.00 e. The molecule has 10 N–H and O–H groups in total. The first-order valence-corrected chi connectivity index (χ1v) is 4.26. The molecular weight excluding hydrogens is 347 g/mol. The summed E-state index contributed by atoms with van der Waals surface area (Å²) in [6, 6.07) is 0. The van der Waals surface area contributed by atoms with E-state index < -0.39 is 0 Å². The molecule has 0 atom stereocenters. The van der Waals surface area contributed by atoms with Crippen LogP contribution in [0, 0.1) is 9.81 Å². The fourth-order valence-corrected chi connectivity index (χ4v) is 0.299. The fourth-order valence-electron chi connectivity index (χ4n) is 0.299. The van der Waals surface area contributed by atoms with E-state index in [1.807, 2.05) is 0 Å². The van der Waals surface area contributed by atoms with Gasteiger partial charge in [-0.05, 0) is 38.0 Å². The summed E-state index contributed by atoms with van der Waals surface area (Å²) in [7, 11) is 0. The third kappa shape index (κ3) is 16.7. The predicted molar refractivity (Wildman–Crippen MR) is 68.2 cm³/mol. The number of nitrogens with zero attached hydrogens (tertiary/aromatic N) is 2. The molecule has 0 aliphatic carbocycles. The molecule has 0 aromatic carbocycles. The first-order valence-electron chi connectivity index (χ1n) is 4.26. The molecule has 114 valence electrons. The zero-order valence-corrected chi connectivity index (χ0v) is 13.0. The Bertz CT molecular complexity index is 278. The van der Waals surface area contributed by atoms with Crippen LogP contribution in [0.2, 0.25) is 0 Å². The van der Waals surface area contributed by atoms with Crippen LogP contribution >= 0.6 is 0 Å². The van der Waals surface area contributed by atoms with Crippen LogP contribution in [0.25, 0.3) is 0 Å². The van der Waals surface area contributed by atoms with Crippen molar-refractivity contribution in [1.29, 1.82) is 0 Å². The Hall–Kier alpha value is -1.26. The molecule has 0 aliphatic rings. The van der Waals surface area contributed by atoms with Crippen molar-refractivity contribution in [1.82, 2.24) is 23.3 Å². The molecule has 0 aromatic rings. The van der Waals surface area contributed by atoms with Crippen LogP contribution in [0.5, 0.6) is 0 Å². The van der Waals surface area contributed by atoms with Crippen molar-refractivity contribution in [2.24, 2.45) is 10.4 Å². The van der Waals surface area contributed by atoms with Gasteiger partial charge in [0.1, 0.15) is 11.4 Å². The Labute approximate surface area is 124 Å². The van der Waals surface area contributed by atoms with Crippen molar-refractivity contribution in [3.8, 4) is 0 Å². The molecule has 0 unspecified atom stereocenters. The van der Waals surface area contributed by atoms with Crippen LogP contribution in [0.3, 0.4) is 0 Å². The molecule has 0 spiro atoms. The molecule has 0 aromatic heterocycles. The molecule has 0 heterocycles. The Morgan fingerprint density at radius 3 is 1.05 bits per heavy atom. The SMILES string of the molecule is CC(N=O)=C(C)NO.CC(N=O)=C(C)NO.N.N.[Rh+3].